The van der Waals surface area contributed by atoms with E-state index in [2.05, 4.69) is 15.5 Å². The monoisotopic (exact) mass is 254 g/mol. The first-order valence-corrected chi connectivity index (χ1v) is 6.01. The number of fused-ring (bicyclic) bond motifs is 1. The zero-order chi connectivity index (χ0) is 13.2. The Morgan fingerprint density at radius 2 is 2.00 bits per heavy atom. The van der Waals surface area contributed by atoms with E-state index in [0.29, 0.717) is 12.1 Å². The summed E-state index contributed by atoms with van der Waals surface area (Å²) in [4.78, 5) is 11.2. The standard InChI is InChI=1S/C14H12N3O2/c18-14(19)13-10(12-11(16-13)8-15-17-12)7-6-9-4-2-1-3-5-9/h1-5,8H,6-7H2,(H,15,17)(H,18,19). The highest BCUT2D eigenvalue weighted by Gasteiger charge is 2.28. The van der Waals surface area contributed by atoms with Crippen LogP contribution in [0.15, 0.2) is 42.2 Å². The summed E-state index contributed by atoms with van der Waals surface area (Å²) < 4.78 is 0. The highest BCUT2D eigenvalue weighted by atomic mass is 16.4. The number of aliphatic carboxylic acids is 1. The van der Waals surface area contributed by atoms with Crippen molar-refractivity contribution in [2.75, 3.05) is 0 Å². The molecule has 5 heteroatoms. The van der Waals surface area contributed by atoms with Gasteiger partial charge >= 0.3 is 5.97 Å². The second kappa shape index (κ2) is 4.61. The Labute approximate surface area is 110 Å². The SMILES string of the molecule is O=C(O)C1=C(CCc2ccccc2)c2[nH]ncc2[N]1. The third kappa shape index (κ3) is 2.10. The number of nitrogens with one attached hydrogen (secondary N) is 1. The average Bonchev–Trinajstić information content (AvgIpc) is 2.98. The fourth-order valence-corrected chi connectivity index (χ4v) is 2.23. The van der Waals surface area contributed by atoms with Crippen LogP contribution in [0, 0.1) is 0 Å². The van der Waals surface area contributed by atoms with Crippen molar-refractivity contribution in [1.82, 2.24) is 15.5 Å². The lowest BCUT2D eigenvalue weighted by Gasteiger charge is -2.04. The highest BCUT2D eigenvalue weighted by Crippen LogP contribution is 2.35. The van der Waals surface area contributed by atoms with E-state index < -0.39 is 5.97 Å². The largest absolute Gasteiger partial charge is 0.477 e. The van der Waals surface area contributed by atoms with E-state index >= 15 is 0 Å². The van der Waals surface area contributed by atoms with Crippen molar-refractivity contribution < 1.29 is 9.90 Å². The second-order valence-electron chi connectivity index (χ2n) is 4.36. The molecule has 95 valence electrons. The van der Waals surface area contributed by atoms with Crippen molar-refractivity contribution in [1.29, 1.82) is 0 Å². The van der Waals surface area contributed by atoms with Crippen LogP contribution in [0.5, 0.6) is 0 Å². The molecule has 1 aliphatic rings. The van der Waals surface area contributed by atoms with Gasteiger partial charge in [0.1, 0.15) is 5.69 Å². The van der Waals surface area contributed by atoms with Gasteiger partial charge in [-0.1, -0.05) is 30.3 Å². The van der Waals surface area contributed by atoms with E-state index in [1.165, 1.54) is 5.56 Å². The number of carboxylic acids is 1. The minimum Gasteiger partial charge on any atom is -0.477 e. The molecule has 0 saturated heterocycles. The summed E-state index contributed by atoms with van der Waals surface area (Å²) >= 11 is 0. The molecule has 2 heterocycles. The number of nitrogens with zero attached hydrogens (tertiary/aromatic N) is 2. The van der Waals surface area contributed by atoms with E-state index in [4.69, 9.17) is 0 Å². The molecule has 0 aliphatic carbocycles. The van der Waals surface area contributed by atoms with E-state index in [1.54, 1.807) is 6.20 Å². The number of allylic oxidation sites excluding steroid dienone is 1. The Kier molecular flexibility index (Phi) is 2.79. The molecule has 0 atom stereocenters. The number of aromatic amines is 1. The summed E-state index contributed by atoms with van der Waals surface area (Å²) in [5.41, 5.74) is 3.37. The lowest BCUT2D eigenvalue weighted by molar-refractivity contribution is -0.132. The van der Waals surface area contributed by atoms with Crippen molar-refractivity contribution in [2.24, 2.45) is 0 Å². The van der Waals surface area contributed by atoms with Crippen molar-refractivity contribution in [3.63, 3.8) is 0 Å². The van der Waals surface area contributed by atoms with Gasteiger partial charge in [0.25, 0.3) is 0 Å². The first kappa shape index (κ1) is 11.5. The molecule has 1 aromatic heterocycles. The molecule has 5 nitrogen and oxygen atoms in total. The Bertz CT molecular complexity index is 644. The lowest BCUT2D eigenvalue weighted by atomic mass is 10.0. The van der Waals surface area contributed by atoms with Gasteiger partial charge in [-0.15, -0.1) is 0 Å². The van der Waals surface area contributed by atoms with Crippen molar-refractivity contribution in [3.8, 4) is 0 Å². The van der Waals surface area contributed by atoms with Gasteiger partial charge in [-0.2, -0.15) is 5.10 Å². The minimum atomic E-state index is -0.993. The van der Waals surface area contributed by atoms with Gasteiger partial charge in [-0.25, -0.2) is 10.1 Å². The second-order valence-corrected chi connectivity index (χ2v) is 4.36. The zero-order valence-electron chi connectivity index (χ0n) is 10.1. The number of hydrogen-bond acceptors (Lipinski definition) is 2. The van der Waals surface area contributed by atoms with Crippen LogP contribution in [0.4, 0.5) is 5.69 Å². The number of H-pyrrole nitrogens is 1. The van der Waals surface area contributed by atoms with Gasteiger partial charge in [0.2, 0.25) is 0 Å². The van der Waals surface area contributed by atoms with Crippen LogP contribution in [0.25, 0.3) is 5.57 Å². The first-order chi connectivity index (χ1) is 9.25. The van der Waals surface area contributed by atoms with Gasteiger partial charge < -0.3 is 5.11 Å². The van der Waals surface area contributed by atoms with Crippen LogP contribution in [0.2, 0.25) is 0 Å². The van der Waals surface area contributed by atoms with E-state index in [-0.39, 0.29) is 5.70 Å². The predicted octanol–water partition coefficient (Wildman–Crippen LogP) is 2.09. The highest BCUT2D eigenvalue weighted by molar-refractivity contribution is 6.00. The van der Waals surface area contributed by atoms with Crippen LogP contribution in [-0.4, -0.2) is 21.3 Å². The Morgan fingerprint density at radius 1 is 1.21 bits per heavy atom. The molecule has 0 amide bonds. The quantitative estimate of drug-likeness (QED) is 0.876. The summed E-state index contributed by atoms with van der Waals surface area (Å²) in [6.45, 7) is 0. The molecule has 2 aromatic rings. The zero-order valence-corrected chi connectivity index (χ0v) is 10.1. The van der Waals surface area contributed by atoms with Gasteiger partial charge in [0.15, 0.2) is 5.70 Å². The summed E-state index contributed by atoms with van der Waals surface area (Å²) in [5.74, 6) is -0.993. The molecule has 0 fully saturated rings. The minimum absolute atomic E-state index is 0.125. The Balaban J connectivity index is 1.85. The molecule has 3 rings (SSSR count). The number of aryl methyl sites for hydroxylation is 1. The number of carbonyl (C=O) groups is 1. The fourth-order valence-electron chi connectivity index (χ4n) is 2.23. The molecule has 1 radical (unpaired) electrons. The lowest BCUT2D eigenvalue weighted by Crippen LogP contribution is -2.07. The molecule has 0 spiro atoms. The molecular weight excluding hydrogens is 242 g/mol. The molecule has 1 aromatic carbocycles. The Hall–Kier alpha value is -2.56. The number of benzene rings is 1. The van der Waals surface area contributed by atoms with Crippen molar-refractivity contribution in [2.45, 2.75) is 12.8 Å². The number of rotatable bonds is 4. The predicted molar refractivity (Wildman–Crippen MR) is 69.7 cm³/mol. The van der Waals surface area contributed by atoms with Crippen LogP contribution in [0.1, 0.15) is 17.7 Å². The molecule has 0 saturated carbocycles. The van der Waals surface area contributed by atoms with Gasteiger partial charge in [0.05, 0.1) is 11.9 Å². The molecule has 19 heavy (non-hydrogen) atoms. The maximum Gasteiger partial charge on any atom is 0.354 e. The molecule has 1 aliphatic heterocycles. The van der Waals surface area contributed by atoms with Crippen LogP contribution in [-0.2, 0) is 11.2 Å². The third-order valence-electron chi connectivity index (χ3n) is 3.15. The Morgan fingerprint density at radius 3 is 2.74 bits per heavy atom. The fraction of sp³-hybridized carbons (Fsp3) is 0.143. The van der Waals surface area contributed by atoms with Gasteiger partial charge in [0, 0.05) is 5.57 Å². The average molecular weight is 254 g/mol. The topological polar surface area (TPSA) is 80.1 Å². The molecule has 0 bridgehead atoms. The van der Waals surface area contributed by atoms with E-state index in [1.807, 2.05) is 30.3 Å². The van der Waals surface area contributed by atoms with E-state index in [9.17, 15) is 9.90 Å². The van der Waals surface area contributed by atoms with Crippen molar-refractivity contribution in [3.05, 3.63) is 53.5 Å². The summed E-state index contributed by atoms with van der Waals surface area (Å²) in [7, 11) is 0. The smallest absolute Gasteiger partial charge is 0.354 e. The van der Waals surface area contributed by atoms with Gasteiger partial charge in [-0.3, -0.25) is 5.10 Å². The molecule has 0 unspecified atom stereocenters. The number of hydrogen-bond donors (Lipinski definition) is 2. The molecule has 2 N–H and O–H groups in total. The van der Waals surface area contributed by atoms with Gasteiger partial charge in [-0.05, 0) is 18.4 Å². The summed E-state index contributed by atoms with van der Waals surface area (Å²) in [6.07, 6.45) is 2.96. The van der Waals surface area contributed by atoms with Crippen LogP contribution in [0.3, 0.4) is 0 Å². The molecular formula is C14H12N3O2. The number of carboxylic acid groups (broad SMARTS) is 1. The normalized spacial score (nSPS) is 13.3. The van der Waals surface area contributed by atoms with Crippen LogP contribution < -0.4 is 5.32 Å². The maximum atomic E-state index is 11.2. The first-order valence-electron chi connectivity index (χ1n) is 6.01. The number of aromatic nitrogens is 2. The van der Waals surface area contributed by atoms with E-state index in [0.717, 1.165) is 17.7 Å². The third-order valence-corrected chi connectivity index (χ3v) is 3.15. The van der Waals surface area contributed by atoms with Crippen LogP contribution >= 0.6 is 0 Å². The van der Waals surface area contributed by atoms with Crippen molar-refractivity contribution >= 4 is 17.2 Å². The summed E-state index contributed by atoms with van der Waals surface area (Å²) in [5, 5.41) is 20.0. The maximum absolute atomic E-state index is 11.2. The summed E-state index contributed by atoms with van der Waals surface area (Å²) in [6, 6.07) is 9.97.